The molecule has 0 bridgehead atoms. The standard InChI is InChI=1S/C23H29F2N5O3/c1-33-20-12-16(6-9-26-20)18-13-19(29-28-18)23(32)30-10-7-15(8-11-30)22(31)27-17-4-2-14(3-5-17)21(24)25/h6,9,12-15,17,21H,2-5,7-8,10-11H2,1H3,(H,27,31)(H,28,29)/t14-,17-. The molecule has 1 aliphatic heterocycles. The van der Waals surface area contributed by atoms with Crippen LogP contribution in [0.3, 0.4) is 0 Å². The van der Waals surface area contributed by atoms with Crippen LogP contribution in [0.5, 0.6) is 5.88 Å². The van der Waals surface area contributed by atoms with Crippen molar-refractivity contribution in [2.75, 3.05) is 20.2 Å². The van der Waals surface area contributed by atoms with Gasteiger partial charge in [-0.2, -0.15) is 5.10 Å². The molecule has 0 aromatic carbocycles. The highest BCUT2D eigenvalue weighted by Gasteiger charge is 2.32. The monoisotopic (exact) mass is 461 g/mol. The molecule has 1 saturated carbocycles. The first kappa shape index (κ1) is 23.1. The summed E-state index contributed by atoms with van der Waals surface area (Å²) in [7, 11) is 1.54. The van der Waals surface area contributed by atoms with Crippen molar-refractivity contribution in [3.63, 3.8) is 0 Å². The first-order valence-electron chi connectivity index (χ1n) is 11.4. The molecule has 2 aromatic rings. The first-order chi connectivity index (χ1) is 15.9. The number of ether oxygens (including phenoxy) is 1. The van der Waals surface area contributed by atoms with Crippen LogP contribution in [0.15, 0.2) is 24.4 Å². The molecular weight excluding hydrogens is 432 g/mol. The Morgan fingerprint density at radius 3 is 2.55 bits per heavy atom. The summed E-state index contributed by atoms with van der Waals surface area (Å²) in [5.41, 5.74) is 1.82. The summed E-state index contributed by atoms with van der Waals surface area (Å²) < 4.78 is 30.8. The zero-order chi connectivity index (χ0) is 23.4. The molecule has 0 atom stereocenters. The van der Waals surface area contributed by atoms with E-state index < -0.39 is 12.3 Å². The normalized spacial score (nSPS) is 21.8. The fourth-order valence-corrected chi connectivity index (χ4v) is 4.61. The van der Waals surface area contributed by atoms with Gasteiger partial charge in [0.2, 0.25) is 18.2 Å². The summed E-state index contributed by atoms with van der Waals surface area (Å²) in [6, 6.07) is 5.23. The van der Waals surface area contributed by atoms with Gasteiger partial charge in [0.05, 0.1) is 12.8 Å². The fraction of sp³-hybridized carbons (Fsp3) is 0.565. The molecule has 4 rings (SSSR count). The van der Waals surface area contributed by atoms with Crippen molar-refractivity contribution in [1.82, 2.24) is 25.4 Å². The second kappa shape index (κ2) is 10.3. The molecule has 0 spiro atoms. The molecule has 2 aliphatic rings. The number of hydrogen-bond acceptors (Lipinski definition) is 5. The highest BCUT2D eigenvalue weighted by atomic mass is 19.3. The lowest BCUT2D eigenvalue weighted by atomic mass is 9.85. The van der Waals surface area contributed by atoms with Crippen molar-refractivity contribution in [3.8, 4) is 17.1 Å². The van der Waals surface area contributed by atoms with Crippen molar-refractivity contribution in [3.05, 3.63) is 30.1 Å². The zero-order valence-corrected chi connectivity index (χ0v) is 18.6. The van der Waals surface area contributed by atoms with Crippen LogP contribution in [-0.4, -0.2) is 64.6 Å². The molecule has 178 valence electrons. The van der Waals surface area contributed by atoms with Gasteiger partial charge < -0.3 is 15.0 Å². The minimum Gasteiger partial charge on any atom is -0.481 e. The molecule has 10 heteroatoms. The van der Waals surface area contributed by atoms with E-state index in [4.69, 9.17) is 4.74 Å². The van der Waals surface area contributed by atoms with E-state index in [0.717, 1.165) is 5.56 Å². The lowest BCUT2D eigenvalue weighted by molar-refractivity contribution is -0.127. The number of amides is 2. The number of methoxy groups -OCH3 is 1. The second-order valence-corrected chi connectivity index (χ2v) is 8.77. The maximum absolute atomic E-state index is 12.9. The van der Waals surface area contributed by atoms with Gasteiger partial charge >= 0.3 is 0 Å². The molecule has 2 amide bonds. The number of aromatic nitrogens is 3. The van der Waals surface area contributed by atoms with E-state index in [1.54, 1.807) is 29.3 Å². The highest BCUT2D eigenvalue weighted by molar-refractivity contribution is 5.93. The van der Waals surface area contributed by atoms with Crippen LogP contribution in [0.1, 0.15) is 49.0 Å². The number of halogens is 2. The molecule has 0 radical (unpaired) electrons. The molecule has 33 heavy (non-hydrogen) atoms. The quantitative estimate of drug-likeness (QED) is 0.688. The van der Waals surface area contributed by atoms with Gasteiger partial charge in [-0.3, -0.25) is 14.7 Å². The Hall–Kier alpha value is -3.04. The van der Waals surface area contributed by atoms with Gasteiger partial charge in [0, 0.05) is 48.8 Å². The van der Waals surface area contributed by atoms with Gasteiger partial charge in [-0.1, -0.05) is 0 Å². The number of aromatic amines is 1. The molecule has 8 nitrogen and oxygen atoms in total. The van der Waals surface area contributed by atoms with Gasteiger partial charge in [0.15, 0.2) is 5.69 Å². The number of carbonyl (C=O) groups excluding carboxylic acids is 2. The smallest absolute Gasteiger partial charge is 0.274 e. The van der Waals surface area contributed by atoms with Gasteiger partial charge in [-0.25, -0.2) is 13.8 Å². The summed E-state index contributed by atoms with van der Waals surface area (Å²) in [4.78, 5) is 31.3. The Kier molecular flexibility index (Phi) is 7.20. The maximum Gasteiger partial charge on any atom is 0.274 e. The average molecular weight is 462 g/mol. The van der Waals surface area contributed by atoms with E-state index in [1.807, 2.05) is 0 Å². The number of alkyl halides is 2. The van der Waals surface area contributed by atoms with Crippen molar-refractivity contribution in [2.24, 2.45) is 11.8 Å². The second-order valence-electron chi connectivity index (χ2n) is 8.77. The summed E-state index contributed by atoms with van der Waals surface area (Å²) in [6.45, 7) is 0.945. The number of pyridine rings is 1. The van der Waals surface area contributed by atoms with Crippen molar-refractivity contribution >= 4 is 11.8 Å². The third-order valence-electron chi connectivity index (χ3n) is 6.68. The number of H-pyrrole nitrogens is 1. The predicted octanol–water partition coefficient (Wildman–Crippen LogP) is 3.27. The fourth-order valence-electron chi connectivity index (χ4n) is 4.61. The van der Waals surface area contributed by atoms with Gasteiger partial charge in [0.25, 0.3) is 5.91 Å². The topological polar surface area (TPSA) is 100 Å². The van der Waals surface area contributed by atoms with Gasteiger partial charge in [0.1, 0.15) is 0 Å². The lowest BCUT2D eigenvalue weighted by Gasteiger charge is -2.33. The Balaban J connectivity index is 1.27. The predicted molar refractivity (Wildman–Crippen MR) is 117 cm³/mol. The van der Waals surface area contributed by atoms with E-state index in [1.165, 1.54) is 7.11 Å². The Morgan fingerprint density at radius 2 is 1.88 bits per heavy atom. The number of hydrogen-bond donors (Lipinski definition) is 2. The zero-order valence-electron chi connectivity index (χ0n) is 18.6. The van der Waals surface area contributed by atoms with Crippen LogP contribution in [0.25, 0.3) is 11.3 Å². The van der Waals surface area contributed by atoms with Crippen LogP contribution in [-0.2, 0) is 4.79 Å². The van der Waals surface area contributed by atoms with Gasteiger partial charge in [-0.15, -0.1) is 0 Å². The van der Waals surface area contributed by atoms with Gasteiger partial charge in [-0.05, 0) is 50.7 Å². The summed E-state index contributed by atoms with van der Waals surface area (Å²) in [5, 5.41) is 10.1. The van der Waals surface area contributed by atoms with Crippen LogP contribution in [0.4, 0.5) is 8.78 Å². The molecule has 2 aromatic heterocycles. The lowest BCUT2D eigenvalue weighted by Crippen LogP contribution is -2.46. The molecule has 1 aliphatic carbocycles. The minimum atomic E-state index is -2.28. The molecule has 1 saturated heterocycles. The molecule has 3 heterocycles. The van der Waals surface area contributed by atoms with E-state index in [-0.39, 0.29) is 23.8 Å². The van der Waals surface area contributed by atoms with Crippen LogP contribution >= 0.6 is 0 Å². The Morgan fingerprint density at radius 1 is 1.15 bits per heavy atom. The number of likely N-dealkylation sites (tertiary alicyclic amines) is 1. The van der Waals surface area contributed by atoms with Crippen LogP contribution in [0.2, 0.25) is 0 Å². The van der Waals surface area contributed by atoms with Crippen molar-refractivity contribution in [2.45, 2.75) is 51.0 Å². The molecule has 2 N–H and O–H groups in total. The summed E-state index contributed by atoms with van der Waals surface area (Å²) in [6.07, 6.45) is 2.59. The van der Waals surface area contributed by atoms with Crippen LogP contribution in [0, 0.1) is 11.8 Å². The summed E-state index contributed by atoms with van der Waals surface area (Å²) >= 11 is 0. The average Bonchev–Trinajstić information content (AvgIpc) is 3.34. The van der Waals surface area contributed by atoms with E-state index in [0.29, 0.717) is 68.9 Å². The SMILES string of the molecule is COc1cc(-c2cc(C(=O)N3CCC(C(=O)N[C@H]4CC[C@H](C(F)F)CC4)CC3)n[nH]2)ccn1. The number of rotatable bonds is 6. The largest absolute Gasteiger partial charge is 0.481 e. The maximum atomic E-state index is 12.9. The number of piperidine rings is 1. The Labute approximate surface area is 191 Å². The van der Waals surface area contributed by atoms with Crippen LogP contribution < -0.4 is 10.1 Å². The third kappa shape index (κ3) is 5.48. The Bertz CT molecular complexity index is 967. The number of carbonyl (C=O) groups is 2. The van der Waals surface area contributed by atoms with Crippen molar-refractivity contribution in [1.29, 1.82) is 0 Å². The summed E-state index contributed by atoms with van der Waals surface area (Å²) in [5.74, 6) is -0.451. The molecule has 2 fully saturated rings. The van der Waals surface area contributed by atoms with E-state index >= 15 is 0 Å². The van der Waals surface area contributed by atoms with E-state index in [9.17, 15) is 18.4 Å². The molecule has 0 unspecified atom stereocenters. The van der Waals surface area contributed by atoms with Crippen molar-refractivity contribution < 1.29 is 23.1 Å². The van der Waals surface area contributed by atoms with E-state index in [2.05, 4.69) is 20.5 Å². The highest BCUT2D eigenvalue weighted by Crippen LogP contribution is 2.30. The first-order valence-corrected chi connectivity index (χ1v) is 11.4. The number of nitrogens with one attached hydrogen (secondary N) is 2. The minimum absolute atomic E-state index is 0.0264. The number of nitrogens with zero attached hydrogens (tertiary/aromatic N) is 3. The molecular formula is C23H29F2N5O3. The third-order valence-corrected chi connectivity index (χ3v) is 6.68.